The van der Waals surface area contributed by atoms with E-state index in [-0.39, 0.29) is 0 Å². The summed E-state index contributed by atoms with van der Waals surface area (Å²) in [6.45, 7) is 0. The maximum absolute atomic E-state index is 5.42. The number of benzene rings is 8. The number of para-hydroxylation sites is 1. The van der Waals surface area contributed by atoms with Gasteiger partial charge in [0.2, 0.25) is 0 Å². The van der Waals surface area contributed by atoms with Gasteiger partial charge >= 0.3 is 0 Å². The van der Waals surface area contributed by atoms with Gasteiger partial charge in [0.15, 0.2) is 17.5 Å². The fourth-order valence-corrected chi connectivity index (χ4v) is 11.2. The molecule has 0 atom stereocenters. The van der Waals surface area contributed by atoms with Crippen LogP contribution in [0.1, 0.15) is 0 Å². The average Bonchev–Trinajstić information content (AvgIpc) is 3.95. The maximum Gasteiger partial charge on any atom is 0.164 e. The second-order valence-corrected chi connectivity index (χ2v) is 17.4. The highest BCUT2D eigenvalue weighted by Gasteiger charge is 2.25. The standard InChI is InChI=1S/C56H34N4S2/c1-4-16-35(17-5-1)40-22-14-23-41(34-40)56-59-54(38-20-8-3-9-21-38)58-55(60-56)39-32-30-37(31-33-39)51-48(45-27-15-26-43-42-24-11-13-29-47(42)61-52(43)45)49-50(36-18-6-2-7-19-36)57-46-28-12-10-25-44(46)53(49)62-51/h1-34H. The molecule has 12 rings (SSSR count). The quantitative estimate of drug-likeness (QED) is 0.161. The van der Waals surface area contributed by atoms with Crippen LogP contribution in [0.3, 0.4) is 0 Å². The van der Waals surface area contributed by atoms with Crippen molar-refractivity contribution in [2.24, 2.45) is 0 Å². The van der Waals surface area contributed by atoms with Gasteiger partial charge < -0.3 is 0 Å². The topological polar surface area (TPSA) is 51.6 Å². The largest absolute Gasteiger partial charge is 0.247 e. The number of aromatic nitrogens is 4. The Morgan fingerprint density at radius 3 is 1.60 bits per heavy atom. The lowest BCUT2D eigenvalue weighted by molar-refractivity contribution is 1.07. The van der Waals surface area contributed by atoms with E-state index in [0.717, 1.165) is 55.5 Å². The number of hydrogen-bond donors (Lipinski definition) is 0. The van der Waals surface area contributed by atoms with Gasteiger partial charge in [0.05, 0.1) is 11.2 Å². The fourth-order valence-electron chi connectivity index (χ4n) is 8.59. The molecule has 0 saturated heterocycles. The molecule has 4 nitrogen and oxygen atoms in total. The van der Waals surface area contributed by atoms with Gasteiger partial charge in [-0.25, -0.2) is 19.9 Å². The summed E-state index contributed by atoms with van der Waals surface area (Å²) < 4.78 is 3.79. The molecule has 290 valence electrons. The van der Waals surface area contributed by atoms with Crippen LogP contribution in [0, 0.1) is 0 Å². The summed E-state index contributed by atoms with van der Waals surface area (Å²) in [6.07, 6.45) is 0. The van der Waals surface area contributed by atoms with Crippen LogP contribution in [0.25, 0.3) is 119 Å². The molecule has 0 unspecified atom stereocenters. The third kappa shape index (κ3) is 6.28. The van der Waals surface area contributed by atoms with Gasteiger partial charge in [-0.15, -0.1) is 22.7 Å². The van der Waals surface area contributed by atoms with Crippen molar-refractivity contribution in [3.05, 3.63) is 206 Å². The Bertz CT molecular complexity index is 3620. The SMILES string of the molecule is c1ccc(-c2cccc(-c3nc(-c4ccccc4)nc(-c4ccc(-c5sc6c(c(-c7ccccc7)nc7ccccc76)c5-c5cccc6c5sc5ccccc56)cc4)n3)c2)cc1. The van der Waals surface area contributed by atoms with E-state index >= 15 is 0 Å². The molecule has 0 spiro atoms. The number of fused-ring (bicyclic) bond motifs is 6. The van der Waals surface area contributed by atoms with Gasteiger partial charge in [-0.3, -0.25) is 0 Å². The first kappa shape index (κ1) is 36.2. The normalized spacial score (nSPS) is 11.5. The first-order valence-electron chi connectivity index (χ1n) is 20.6. The van der Waals surface area contributed by atoms with Crippen molar-refractivity contribution >= 4 is 63.8 Å². The third-order valence-corrected chi connectivity index (χ3v) is 14.0. The Kier molecular flexibility index (Phi) is 8.84. The van der Waals surface area contributed by atoms with Gasteiger partial charge in [-0.1, -0.05) is 188 Å². The molecule has 0 aliphatic carbocycles. The van der Waals surface area contributed by atoms with E-state index in [4.69, 9.17) is 19.9 Å². The van der Waals surface area contributed by atoms with Crippen molar-refractivity contribution in [3.8, 4) is 78.1 Å². The number of pyridine rings is 1. The molecule has 6 heteroatoms. The van der Waals surface area contributed by atoms with E-state index < -0.39 is 0 Å². The van der Waals surface area contributed by atoms with Crippen LogP contribution in [0.4, 0.5) is 0 Å². The lowest BCUT2D eigenvalue weighted by Gasteiger charge is -2.12. The highest BCUT2D eigenvalue weighted by Crippen LogP contribution is 2.52. The Morgan fingerprint density at radius 1 is 0.323 bits per heavy atom. The predicted octanol–water partition coefficient (Wildman–Crippen LogP) is 15.7. The van der Waals surface area contributed by atoms with Crippen molar-refractivity contribution in [3.63, 3.8) is 0 Å². The number of rotatable bonds is 7. The van der Waals surface area contributed by atoms with Crippen LogP contribution < -0.4 is 0 Å². The van der Waals surface area contributed by atoms with E-state index in [9.17, 15) is 0 Å². The molecule has 0 saturated carbocycles. The molecule has 12 aromatic rings. The molecule has 0 N–H and O–H groups in total. The molecule has 8 aromatic carbocycles. The zero-order chi connectivity index (χ0) is 41.0. The number of hydrogen-bond acceptors (Lipinski definition) is 6. The number of nitrogens with zero attached hydrogens (tertiary/aromatic N) is 4. The summed E-state index contributed by atoms with van der Waals surface area (Å²) in [5, 5.41) is 4.89. The fraction of sp³-hybridized carbons (Fsp3) is 0. The van der Waals surface area contributed by atoms with Crippen LogP contribution in [0.2, 0.25) is 0 Å². The summed E-state index contributed by atoms with van der Waals surface area (Å²) in [5.74, 6) is 1.89. The van der Waals surface area contributed by atoms with Crippen molar-refractivity contribution in [2.45, 2.75) is 0 Å². The minimum Gasteiger partial charge on any atom is -0.247 e. The first-order valence-corrected chi connectivity index (χ1v) is 22.3. The molecule has 0 bridgehead atoms. The molecule has 0 amide bonds. The van der Waals surface area contributed by atoms with Gasteiger partial charge in [-0.2, -0.15) is 0 Å². The molecule has 4 aromatic heterocycles. The lowest BCUT2D eigenvalue weighted by Crippen LogP contribution is -2.00. The Labute approximate surface area is 366 Å². The van der Waals surface area contributed by atoms with E-state index in [1.54, 1.807) is 0 Å². The highest BCUT2D eigenvalue weighted by molar-refractivity contribution is 7.27. The Morgan fingerprint density at radius 2 is 0.855 bits per heavy atom. The zero-order valence-electron chi connectivity index (χ0n) is 33.2. The molecular formula is C56H34N4S2. The molecule has 0 fully saturated rings. The van der Waals surface area contributed by atoms with Crippen LogP contribution in [-0.2, 0) is 0 Å². The maximum atomic E-state index is 5.42. The third-order valence-electron chi connectivity index (χ3n) is 11.5. The monoisotopic (exact) mass is 826 g/mol. The smallest absolute Gasteiger partial charge is 0.164 e. The van der Waals surface area contributed by atoms with Crippen LogP contribution in [-0.4, -0.2) is 19.9 Å². The predicted molar refractivity (Wildman–Crippen MR) is 261 cm³/mol. The van der Waals surface area contributed by atoms with Gasteiger partial charge in [-0.05, 0) is 34.9 Å². The highest BCUT2D eigenvalue weighted by atomic mass is 32.1. The van der Waals surface area contributed by atoms with Crippen LogP contribution >= 0.6 is 22.7 Å². The Hall–Kier alpha value is -7.64. The summed E-state index contributed by atoms with van der Waals surface area (Å²) in [4.78, 5) is 21.9. The van der Waals surface area contributed by atoms with Gasteiger partial charge in [0.25, 0.3) is 0 Å². The minimum atomic E-state index is 0.624. The number of thiophene rings is 2. The van der Waals surface area contributed by atoms with Gasteiger partial charge in [0, 0.05) is 73.9 Å². The van der Waals surface area contributed by atoms with Crippen molar-refractivity contribution in [1.29, 1.82) is 0 Å². The van der Waals surface area contributed by atoms with E-state index in [1.807, 2.05) is 46.9 Å². The molecule has 62 heavy (non-hydrogen) atoms. The Balaban J connectivity index is 1.06. The first-order chi connectivity index (χ1) is 30.7. The molecule has 4 heterocycles. The molecule has 0 aliphatic rings. The summed E-state index contributed by atoms with van der Waals surface area (Å²) in [6, 6.07) is 72.5. The van der Waals surface area contributed by atoms with Crippen molar-refractivity contribution in [1.82, 2.24) is 19.9 Å². The van der Waals surface area contributed by atoms with Crippen LogP contribution in [0.5, 0.6) is 0 Å². The summed E-state index contributed by atoms with van der Waals surface area (Å²) in [7, 11) is 0. The zero-order valence-corrected chi connectivity index (χ0v) is 34.9. The summed E-state index contributed by atoms with van der Waals surface area (Å²) in [5.41, 5.74) is 11.7. The van der Waals surface area contributed by atoms with Crippen molar-refractivity contribution in [2.75, 3.05) is 0 Å². The molecular weight excluding hydrogens is 793 g/mol. The average molecular weight is 827 g/mol. The van der Waals surface area contributed by atoms with E-state index in [1.165, 1.54) is 46.3 Å². The summed E-state index contributed by atoms with van der Waals surface area (Å²) >= 11 is 3.71. The van der Waals surface area contributed by atoms with Crippen molar-refractivity contribution < 1.29 is 0 Å². The molecule has 0 aliphatic heterocycles. The second-order valence-electron chi connectivity index (χ2n) is 15.3. The van der Waals surface area contributed by atoms with Crippen LogP contribution in [0.15, 0.2) is 206 Å². The second kappa shape index (κ2) is 15.1. The van der Waals surface area contributed by atoms with Gasteiger partial charge in [0.1, 0.15) is 0 Å². The van der Waals surface area contributed by atoms with E-state index in [0.29, 0.717) is 17.5 Å². The lowest BCUT2D eigenvalue weighted by atomic mass is 9.94. The minimum absolute atomic E-state index is 0.624. The molecule has 0 radical (unpaired) electrons. The van der Waals surface area contributed by atoms with E-state index in [2.05, 4.69) is 182 Å².